The van der Waals surface area contributed by atoms with Crippen LogP contribution in [0.1, 0.15) is 25.8 Å². The molecule has 1 aromatic carbocycles. The average molecular weight is 424 g/mol. The van der Waals surface area contributed by atoms with Crippen molar-refractivity contribution in [3.05, 3.63) is 35.9 Å². The van der Waals surface area contributed by atoms with Crippen LogP contribution >= 0.6 is 0 Å². The fraction of sp³-hybridized carbons (Fsp3) is 0.500. The number of esters is 2. The van der Waals surface area contributed by atoms with Gasteiger partial charge < -0.3 is 30.0 Å². The molecule has 3 N–H and O–H groups in total. The van der Waals surface area contributed by atoms with Gasteiger partial charge in [0.25, 0.3) is 0 Å². The first-order chi connectivity index (χ1) is 14.2. The van der Waals surface area contributed by atoms with E-state index in [1.54, 1.807) is 31.2 Å². The van der Waals surface area contributed by atoms with Crippen LogP contribution in [0.4, 0.5) is 4.79 Å². The van der Waals surface area contributed by atoms with Crippen molar-refractivity contribution in [2.24, 2.45) is 5.92 Å². The van der Waals surface area contributed by atoms with Gasteiger partial charge in [0.2, 0.25) is 5.91 Å². The van der Waals surface area contributed by atoms with Gasteiger partial charge in [-0.25, -0.2) is 9.59 Å². The van der Waals surface area contributed by atoms with Gasteiger partial charge in [-0.15, -0.1) is 0 Å². The van der Waals surface area contributed by atoms with E-state index >= 15 is 0 Å². The van der Waals surface area contributed by atoms with E-state index in [1.165, 1.54) is 14.0 Å². The molecule has 0 heterocycles. The molecule has 2 amide bonds. The fourth-order valence-electron chi connectivity index (χ4n) is 2.56. The molecule has 0 fully saturated rings. The number of aliphatic hydroxyl groups excluding tert-OH is 1. The molecule has 4 atom stereocenters. The zero-order chi connectivity index (χ0) is 22.7. The first kappa shape index (κ1) is 24.9. The summed E-state index contributed by atoms with van der Waals surface area (Å²) in [4.78, 5) is 48.2. The topological polar surface area (TPSA) is 140 Å². The fourth-order valence-corrected chi connectivity index (χ4v) is 2.56. The first-order valence-electron chi connectivity index (χ1n) is 9.29. The lowest BCUT2D eigenvalue weighted by molar-refractivity contribution is -0.149. The third kappa shape index (κ3) is 8.08. The largest absolute Gasteiger partial charge is 0.469 e. The smallest absolute Gasteiger partial charge is 0.408 e. The van der Waals surface area contributed by atoms with E-state index in [4.69, 9.17) is 4.74 Å². The minimum Gasteiger partial charge on any atom is -0.469 e. The summed E-state index contributed by atoms with van der Waals surface area (Å²) in [6, 6.07) is 6.31. The van der Waals surface area contributed by atoms with Gasteiger partial charge in [0.05, 0.1) is 26.7 Å². The van der Waals surface area contributed by atoms with Gasteiger partial charge in [-0.2, -0.15) is 0 Å². The number of methoxy groups -OCH3 is 2. The standard InChI is InChI=1S/C20H28N2O8/c1-12(10-15(24)28-3)16(19(26)29-4)21-18(25)17(13(2)23)22-20(27)30-11-14-8-6-5-7-9-14/h5-9,12-13,16-17,23H,10-11H2,1-4H3,(H,21,25)(H,22,27)/t12-,13+,16+,17-/m0/s1. The second-order valence-corrected chi connectivity index (χ2v) is 6.69. The maximum absolute atomic E-state index is 12.6. The molecule has 0 spiro atoms. The Morgan fingerprint density at radius 2 is 1.60 bits per heavy atom. The summed E-state index contributed by atoms with van der Waals surface area (Å²) < 4.78 is 14.3. The van der Waals surface area contributed by atoms with E-state index in [2.05, 4.69) is 20.1 Å². The molecule has 0 aliphatic rings. The number of amides is 2. The minimum absolute atomic E-state index is 0.0260. The highest BCUT2D eigenvalue weighted by molar-refractivity contribution is 5.90. The van der Waals surface area contributed by atoms with Gasteiger partial charge in [0.1, 0.15) is 18.7 Å². The molecule has 0 unspecified atom stereocenters. The number of hydrogen-bond acceptors (Lipinski definition) is 8. The number of nitrogens with one attached hydrogen (secondary N) is 2. The van der Waals surface area contributed by atoms with Gasteiger partial charge in [-0.3, -0.25) is 9.59 Å². The van der Waals surface area contributed by atoms with Crippen molar-refractivity contribution >= 4 is 23.9 Å². The highest BCUT2D eigenvalue weighted by Gasteiger charge is 2.34. The Morgan fingerprint density at radius 3 is 2.13 bits per heavy atom. The number of aliphatic hydroxyl groups is 1. The van der Waals surface area contributed by atoms with E-state index in [0.29, 0.717) is 0 Å². The van der Waals surface area contributed by atoms with Crippen molar-refractivity contribution in [3.8, 4) is 0 Å². The summed E-state index contributed by atoms with van der Waals surface area (Å²) in [5.74, 6) is -2.85. The van der Waals surface area contributed by atoms with Crippen LogP contribution in [0.15, 0.2) is 30.3 Å². The number of ether oxygens (including phenoxy) is 3. The van der Waals surface area contributed by atoms with E-state index in [1.807, 2.05) is 6.07 Å². The molecule has 1 rings (SSSR count). The number of carbonyl (C=O) groups is 4. The van der Waals surface area contributed by atoms with Crippen LogP contribution in [0.2, 0.25) is 0 Å². The Balaban J connectivity index is 2.78. The molecule has 0 saturated heterocycles. The van der Waals surface area contributed by atoms with Crippen molar-refractivity contribution in [1.29, 1.82) is 0 Å². The molecule has 0 bridgehead atoms. The molecule has 1 aromatic rings. The van der Waals surface area contributed by atoms with Crippen LogP contribution in [0.3, 0.4) is 0 Å². The Morgan fingerprint density at radius 1 is 0.967 bits per heavy atom. The Kier molecular flexibility index (Phi) is 10.3. The van der Waals surface area contributed by atoms with E-state index < -0.39 is 48.0 Å². The van der Waals surface area contributed by atoms with Crippen molar-refractivity contribution in [1.82, 2.24) is 10.6 Å². The van der Waals surface area contributed by atoms with Crippen LogP contribution in [0, 0.1) is 5.92 Å². The molecule has 30 heavy (non-hydrogen) atoms. The summed E-state index contributed by atoms with van der Waals surface area (Å²) in [5.41, 5.74) is 0.744. The second kappa shape index (κ2) is 12.4. The molecule has 0 saturated carbocycles. The monoisotopic (exact) mass is 424 g/mol. The Labute approximate surface area is 174 Å². The second-order valence-electron chi connectivity index (χ2n) is 6.69. The summed E-state index contributed by atoms with van der Waals surface area (Å²) in [6.45, 7) is 2.83. The number of alkyl carbamates (subject to hydrolysis) is 1. The molecule has 0 aromatic heterocycles. The summed E-state index contributed by atoms with van der Waals surface area (Å²) in [7, 11) is 2.34. The highest BCUT2D eigenvalue weighted by atomic mass is 16.5. The average Bonchev–Trinajstić information content (AvgIpc) is 2.73. The van der Waals surface area contributed by atoms with Crippen LogP contribution < -0.4 is 10.6 Å². The molecular weight excluding hydrogens is 396 g/mol. The molecular formula is C20H28N2O8. The van der Waals surface area contributed by atoms with Crippen molar-refractivity contribution in [2.75, 3.05) is 14.2 Å². The molecule has 0 aliphatic heterocycles. The maximum Gasteiger partial charge on any atom is 0.408 e. The van der Waals surface area contributed by atoms with Gasteiger partial charge >= 0.3 is 18.0 Å². The number of hydrogen-bond donors (Lipinski definition) is 3. The molecule has 0 radical (unpaired) electrons. The third-order valence-electron chi connectivity index (χ3n) is 4.29. The number of rotatable bonds is 10. The molecule has 166 valence electrons. The minimum atomic E-state index is -1.40. The molecule has 10 heteroatoms. The normalized spacial score (nSPS) is 14.4. The van der Waals surface area contributed by atoms with Gasteiger partial charge in [-0.05, 0) is 18.4 Å². The predicted octanol–water partition coefficient (Wildman–Crippen LogP) is 0.519. The highest BCUT2D eigenvalue weighted by Crippen LogP contribution is 2.12. The zero-order valence-electron chi connectivity index (χ0n) is 17.4. The Bertz CT molecular complexity index is 723. The SMILES string of the molecule is COC(=O)C[C@H](C)[C@@H](NC(=O)[C@@H](NC(=O)OCc1ccccc1)[C@@H](C)O)C(=O)OC. The maximum atomic E-state index is 12.6. The van der Waals surface area contributed by atoms with Crippen molar-refractivity contribution < 1.29 is 38.5 Å². The third-order valence-corrected chi connectivity index (χ3v) is 4.29. The predicted molar refractivity (Wildman–Crippen MR) is 105 cm³/mol. The van der Waals surface area contributed by atoms with Crippen LogP contribution in [-0.4, -0.2) is 61.5 Å². The molecule has 0 aliphatic carbocycles. The van der Waals surface area contributed by atoms with E-state index in [-0.39, 0.29) is 13.0 Å². The number of carbonyl (C=O) groups excluding carboxylic acids is 4. The lowest BCUT2D eigenvalue weighted by atomic mass is 9.97. The van der Waals surface area contributed by atoms with Gasteiger partial charge in [0, 0.05) is 0 Å². The van der Waals surface area contributed by atoms with Gasteiger partial charge in [-0.1, -0.05) is 37.3 Å². The van der Waals surface area contributed by atoms with Crippen LogP contribution in [-0.2, 0) is 35.2 Å². The summed E-state index contributed by atoms with van der Waals surface area (Å²) in [6.07, 6.45) is -2.36. The zero-order valence-corrected chi connectivity index (χ0v) is 17.4. The van der Waals surface area contributed by atoms with Crippen LogP contribution in [0.5, 0.6) is 0 Å². The quantitative estimate of drug-likeness (QED) is 0.365. The van der Waals surface area contributed by atoms with Crippen molar-refractivity contribution in [3.63, 3.8) is 0 Å². The van der Waals surface area contributed by atoms with E-state index in [0.717, 1.165) is 12.7 Å². The number of benzene rings is 1. The summed E-state index contributed by atoms with van der Waals surface area (Å²) in [5, 5.41) is 14.6. The lowest BCUT2D eigenvalue weighted by Crippen LogP contribution is -2.57. The molecule has 10 nitrogen and oxygen atoms in total. The lowest BCUT2D eigenvalue weighted by Gasteiger charge is -2.26. The Hall–Kier alpha value is -3.14. The summed E-state index contributed by atoms with van der Waals surface area (Å²) >= 11 is 0. The van der Waals surface area contributed by atoms with Crippen molar-refractivity contribution in [2.45, 2.75) is 45.1 Å². The van der Waals surface area contributed by atoms with Crippen LogP contribution in [0.25, 0.3) is 0 Å². The first-order valence-corrected chi connectivity index (χ1v) is 9.29. The van der Waals surface area contributed by atoms with E-state index in [9.17, 15) is 24.3 Å². The van der Waals surface area contributed by atoms with Gasteiger partial charge in [0.15, 0.2) is 0 Å².